The van der Waals surface area contributed by atoms with Gasteiger partial charge >= 0.3 is 0 Å². The molecule has 0 aliphatic carbocycles. The van der Waals surface area contributed by atoms with Crippen LogP contribution in [0, 0.1) is 5.82 Å². The van der Waals surface area contributed by atoms with Gasteiger partial charge in [0, 0.05) is 18.8 Å². The maximum absolute atomic E-state index is 13.3. The molecule has 2 aliphatic heterocycles. The summed E-state index contributed by atoms with van der Waals surface area (Å²) in [7, 11) is 0. The van der Waals surface area contributed by atoms with E-state index in [-0.39, 0.29) is 5.02 Å². The summed E-state index contributed by atoms with van der Waals surface area (Å²) in [6, 6.07) is 6.71. The van der Waals surface area contributed by atoms with E-state index < -0.39 is 5.82 Å². The zero-order valence-electron chi connectivity index (χ0n) is 13.8. The van der Waals surface area contributed by atoms with Crippen LogP contribution in [0.4, 0.5) is 15.1 Å². The number of amidine groups is 1. The van der Waals surface area contributed by atoms with Crippen LogP contribution in [-0.2, 0) is 0 Å². The van der Waals surface area contributed by atoms with Gasteiger partial charge in [-0.1, -0.05) is 11.6 Å². The summed E-state index contributed by atoms with van der Waals surface area (Å²) in [6.45, 7) is 5.15. The first kappa shape index (κ1) is 16.8. The van der Waals surface area contributed by atoms with Crippen molar-refractivity contribution in [3.05, 3.63) is 46.0 Å². The van der Waals surface area contributed by atoms with Crippen molar-refractivity contribution in [2.24, 2.45) is 4.99 Å². The maximum Gasteiger partial charge on any atom is 0.141 e. The number of nitrogens with zero attached hydrogens (tertiary/aromatic N) is 3. The summed E-state index contributed by atoms with van der Waals surface area (Å²) in [5, 5.41) is 6.72. The van der Waals surface area contributed by atoms with E-state index in [1.165, 1.54) is 37.0 Å². The molecule has 1 saturated heterocycles. The van der Waals surface area contributed by atoms with Crippen LogP contribution in [-0.4, -0.2) is 43.6 Å². The number of hydrogen-bond donors (Lipinski definition) is 1. The van der Waals surface area contributed by atoms with E-state index in [9.17, 15) is 4.39 Å². The van der Waals surface area contributed by atoms with Gasteiger partial charge < -0.3 is 15.1 Å². The lowest BCUT2D eigenvalue weighted by Gasteiger charge is -2.29. The van der Waals surface area contributed by atoms with Crippen LogP contribution in [0.5, 0.6) is 0 Å². The first-order chi connectivity index (χ1) is 12.2. The summed E-state index contributed by atoms with van der Waals surface area (Å²) >= 11 is 7.61. The van der Waals surface area contributed by atoms with Crippen molar-refractivity contribution >= 4 is 39.5 Å². The quantitative estimate of drug-likeness (QED) is 0.861. The molecule has 1 fully saturated rings. The van der Waals surface area contributed by atoms with Gasteiger partial charge in [0.15, 0.2) is 0 Å². The third-order valence-corrected chi connectivity index (χ3v) is 5.92. The summed E-state index contributed by atoms with van der Waals surface area (Å²) in [6.07, 6.45) is 2.63. The molecule has 7 heteroatoms. The van der Waals surface area contributed by atoms with Gasteiger partial charge in [0.05, 0.1) is 10.6 Å². The van der Waals surface area contributed by atoms with E-state index in [4.69, 9.17) is 16.6 Å². The molecule has 4 rings (SSSR count). The molecule has 0 bridgehead atoms. The highest BCUT2D eigenvalue weighted by atomic mass is 35.5. The van der Waals surface area contributed by atoms with E-state index in [0.29, 0.717) is 6.67 Å². The largest absolute Gasteiger partial charge is 0.342 e. The Morgan fingerprint density at radius 3 is 2.84 bits per heavy atom. The van der Waals surface area contributed by atoms with Crippen LogP contribution < -0.4 is 10.2 Å². The predicted octanol–water partition coefficient (Wildman–Crippen LogP) is 4.27. The van der Waals surface area contributed by atoms with Crippen molar-refractivity contribution < 1.29 is 4.39 Å². The Morgan fingerprint density at radius 2 is 2.04 bits per heavy atom. The maximum atomic E-state index is 13.3. The molecule has 2 aliphatic rings. The number of fused-ring (bicyclic) bond motifs is 1. The minimum Gasteiger partial charge on any atom is -0.342 e. The highest BCUT2D eigenvalue weighted by Gasteiger charge is 2.22. The molecule has 1 N–H and O–H groups in total. The fourth-order valence-corrected chi connectivity index (χ4v) is 4.39. The van der Waals surface area contributed by atoms with Gasteiger partial charge in [-0.15, -0.1) is 11.3 Å². The van der Waals surface area contributed by atoms with Crippen LogP contribution in [0.2, 0.25) is 5.02 Å². The van der Waals surface area contributed by atoms with Crippen molar-refractivity contribution in [3.63, 3.8) is 0 Å². The van der Waals surface area contributed by atoms with E-state index in [1.807, 2.05) is 0 Å². The molecule has 132 valence electrons. The zero-order valence-corrected chi connectivity index (χ0v) is 15.4. The summed E-state index contributed by atoms with van der Waals surface area (Å²) < 4.78 is 13.3. The smallest absolute Gasteiger partial charge is 0.141 e. The number of hydrogen-bond acceptors (Lipinski definition) is 5. The van der Waals surface area contributed by atoms with Gasteiger partial charge in [-0.05, 0) is 55.6 Å². The minimum atomic E-state index is -0.415. The molecule has 2 aromatic rings. The monoisotopic (exact) mass is 378 g/mol. The van der Waals surface area contributed by atoms with Gasteiger partial charge in [-0.2, -0.15) is 0 Å². The number of rotatable bonds is 4. The molecule has 0 amide bonds. The first-order valence-electron chi connectivity index (χ1n) is 8.52. The molecule has 25 heavy (non-hydrogen) atoms. The molecular formula is C18H20ClFN4S. The summed E-state index contributed by atoms with van der Waals surface area (Å²) in [5.74, 6) is 0.401. The fourth-order valence-electron chi connectivity index (χ4n) is 3.29. The van der Waals surface area contributed by atoms with E-state index in [0.717, 1.165) is 30.2 Å². The number of halogens is 2. The number of benzene rings is 1. The molecular weight excluding hydrogens is 359 g/mol. The molecule has 0 unspecified atom stereocenters. The highest BCUT2D eigenvalue weighted by Crippen LogP contribution is 2.32. The van der Waals surface area contributed by atoms with Crippen LogP contribution in [0.1, 0.15) is 18.4 Å². The highest BCUT2D eigenvalue weighted by molar-refractivity contribution is 7.14. The van der Waals surface area contributed by atoms with Crippen LogP contribution in [0.15, 0.2) is 34.6 Å². The van der Waals surface area contributed by atoms with Crippen molar-refractivity contribution in [1.29, 1.82) is 0 Å². The second-order valence-corrected chi connectivity index (χ2v) is 7.66. The van der Waals surface area contributed by atoms with Gasteiger partial charge in [-0.25, -0.2) is 9.38 Å². The second-order valence-electron chi connectivity index (χ2n) is 6.35. The Balaban J connectivity index is 1.47. The Hall–Kier alpha value is -1.63. The molecule has 0 atom stereocenters. The third-order valence-electron chi connectivity index (χ3n) is 4.65. The van der Waals surface area contributed by atoms with Gasteiger partial charge in [0.2, 0.25) is 0 Å². The Labute approximate surface area is 155 Å². The lowest BCUT2D eigenvalue weighted by molar-refractivity contribution is 0.345. The SMILES string of the molecule is Fc1ccc(NC2=NCN(CCN3CCCC3)c3sccc32)cc1Cl. The number of anilines is 2. The molecule has 0 spiro atoms. The van der Waals surface area contributed by atoms with Crippen LogP contribution in [0.25, 0.3) is 0 Å². The molecule has 1 aromatic carbocycles. The lowest BCUT2D eigenvalue weighted by Crippen LogP contribution is -2.37. The van der Waals surface area contributed by atoms with Gasteiger partial charge in [-0.3, -0.25) is 0 Å². The van der Waals surface area contributed by atoms with Crippen molar-refractivity contribution in [1.82, 2.24) is 4.90 Å². The second kappa shape index (κ2) is 7.32. The van der Waals surface area contributed by atoms with Crippen molar-refractivity contribution in [2.45, 2.75) is 12.8 Å². The summed E-state index contributed by atoms with van der Waals surface area (Å²) in [5.41, 5.74) is 1.84. The lowest BCUT2D eigenvalue weighted by atomic mass is 10.2. The standard InChI is InChI=1S/C18H20ClFN4S/c19-15-11-13(3-4-16(15)20)22-17-14-5-10-25-18(14)24(12-21-17)9-8-23-6-1-2-7-23/h3-5,10-11H,1-2,6-9,12H2,(H,21,22). The zero-order chi connectivity index (χ0) is 17.2. The van der Waals surface area contributed by atoms with Crippen LogP contribution in [0.3, 0.4) is 0 Å². The van der Waals surface area contributed by atoms with Gasteiger partial charge in [0.1, 0.15) is 23.3 Å². The molecule has 0 radical (unpaired) electrons. The molecule has 4 nitrogen and oxygen atoms in total. The number of nitrogens with one attached hydrogen (secondary N) is 1. The van der Waals surface area contributed by atoms with E-state index >= 15 is 0 Å². The van der Waals surface area contributed by atoms with E-state index in [1.54, 1.807) is 23.5 Å². The third kappa shape index (κ3) is 3.66. The molecule has 0 saturated carbocycles. The number of thiophene rings is 1. The molecule has 1 aromatic heterocycles. The number of aliphatic imine (C=N–C) groups is 1. The van der Waals surface area contributed by atoms with E-state index in [2.05, 4.69) is 26.6 Å². The fraction of sp³-hybridized carbons (Fsp3) is 0.389. The average Bonchev–Trinajstić information content (AvgIpc) is 3.29. The Bertz CT molecular complexity index is 785. The summed E-state index contributed by atoms with van der Waals surface area (Å²) in [4.78, 5) is 9.55. The molecule has 3 heterocycles. The Morgan fingerprint density at radius 1 is 1.20 bits per heavy atom. The van der Waals surface area contributed by atoms with Crippen molar-refractivity contribution in [3.8, 4) is 0 Å². The van der Waals surface area contributed by atoms with Crippen molar-refractivity contribution in [2.75, 3.05) is 43.1 Å². The average molecular weight is 379 g/mol. The topological polar surface area (TPSA) is 30.9 Å². The van der Waals surface area contributed by atoms with Crippen LogP contribution >= 0.6 is 22.9 Å². The predicted molar refractivity (Wildman–Crippen MR) is 104 cm³/mol. The first-order valence-corrected chi connectivity index (χ1v) is 9.78. The number of likely N-dealkylation sites (tertiary alicyclic amines) is 1. The Kier molecular flexibility index (Phi) is 4.92. The normalized spacial score (nSPS) is 17.5. The minimum absolute atomic E-state index is 0.110. The van der Waals surface area contributed by atoms with Gasteiger partial charge in [0.25, 0.3) is 0 Å².